The number of carboxylic acids is 1. The maximum Gasteiger partial charge on any atom is 0.161 e. The van der Waals surface area contributed by atoms with Crippen LogP contribution in [0.5, 0.6) is 5.75 Å². The van der Waals surface area contributed by atoms with Gasteiger partial charge in [-0.25, -0.2) is 0 Å². The van der Waals surface area contributed by atoms with Gasteiger partial charge in [-0.1, -0.05) is 42.5 Å². The van der Waals surface area contributed by atoms with Crippen molar-refractivity contribution in [1.82, 2.24) is 0 Å². The number of ether oxygens (including phenoxy) is 1. The van der Waals surface area contributed by atoms with Crippen LogP contribution < -0.4 is 14.7 Å². The smallest absolute Gasteiger partial charge is 0.161 e. The van der Waals surface area contributed by atoms with Crippen molar-refractivity contribution in [3.63, 3.8) is 0 Å². The third-order valence-electron chi connectivity index (χ3n) is 4.19. The molecule has 0 saturated heterocycles. The fourth-order valence-corrected chi connectivity index (χ4v) is 2.97. The van der Waals surface area contributed by atoms with E-state index >= 15 is 0 Å². The number of rotatable bonds is 2. The molecule has 114 valence electrons. The summed E-state index contributed by atoms with van der Waals surface area (Å²) in [6.07, 6.45) is 0. The Morgan fingerprint density at radius 2 is 1.78 bits per heavy atom. The SMILES string of the molecule is O=C([O-])c1ccc(N2COc3ccc4ccccc4c3C2)cc1. The van der Waals surface area contributed by atoms with Crippen LogP contribution in [-0.2, 0) is 6.54 Å². The molecule has 0 unspecified atom stereocenters. The van der Waals surface area contributed by atoms with Crippen molar-refractivity contribution in [2.24, 2.45) is 0 Å². The highest BCUT2D eigenvalue weighted by Gasteiger charge is 2.19. The summed E-state index contributed by atoms with van der Waals surface area (Å²) in [5.41, 5.74) is 2.25. The van der Waals surface area contributed by atoms with E-state index < -0.39 is 5.97 Å². The number of benzene rings is 3. The minimum atomic E-state index is -1.16. The summed E-state index contributed by atoms with van der Waals surface area (Å²) in [7, 11) is 0. The summed E-state index contributed by atoms with van der Waals surface area (Å²) in [6.45, 7) is 1.16. The molecule has 0 bridgehead atoms. The molecule has 1 aliphatic rings. The number of hydrogen-bond acceptors (Lipinski definition) is 4. The van der Waals surface area contributed by atoms with Gasteiger partial charge in [-0.3, -0.25) is 0 Å². The van der Waals surface area contributed by atoms with E-state index in [0.717, 1.165) is 23.5 Å². The van der Waals surface area contributed by atoms with Crippen LogP contribution in [0.3, 0.4) is 0 Å². The number of carbonyl (C=O) groups excluding carboxylic acids is 1. The Balaban J connectivity index is 1.70. The summed E-state index contributed by atoms with van der Waals surface area (Å²) in [6, 6.07) is 19.0. The van der Waals surface area contributed by atoms with Gasteiger partial charge < -0.3 is 19.5 Å². The van der Waals surface area contributed by atoms with Crippen molar-refractivity contribution < 1.29 is 14.6 Å². The molecule has 1 heterocycles. The zero-order valence-electron chi connectivity index (χ0n) is 12.4. The normalized spacial score (nSPS) is 13.5. The Morgan fingerprint density at radius 1 is 1.00 bits per heavy atom. The van der Waals surface area contributed by atoms with Crippen LogP contribution in [0.4, 0.5) is 5.69 Å². The van der Waals surface area contributed by atoms with Crippen LogP contribution >= 0.6 is 0 Å². The van der Waals surface area contributed by atoms with Gasteiger partial charge in [-0.2, -0.15) is 0 Å². The van der Waals surface area contributed by atoms with Gasteiger partial charge in [0.1, 0.15) is 5.75 Å². The molecule has 4 nitrogen and oxygen atoms in total. The summed E-state index contributed by atoms with van der Waals surface area (Å²) in [4.78, 5) is 12.9. The molecule has 0 aromatic heterocycles. The van der Waals surface area contributed by atoms with Gasteiger partial charge in [0.2, 0.25) is 0 Å². The molecule has 4 rings (SSSR count). The first kappa shape index (κ1) is 13.6. The molecule has 0 fully saturated rings. The highest BCUT2D eigenvalue weighted by Crippen LogP contribution is 2.33. The van der Waals surface area contributed by atoms with Gasteiger partial charge >= 0.3 is 0 Å². The quantitative estimate of drug-likeness (QED) is 0.730. The lowest BCUT2D eigenvalue weighted by Crippen LogP contribution is -2.32. The minimum Gasteiger partial charge on any atom is -0.545 e. The predicted octanol–water partition coefficient (Wildman–Crippen LogP) is 2.56. The average Bonchev–Trinajstić information content (AvgIpc) is 2.61. The number of carbonyl (C=O) groups is 1. The molecule has 3 aromatic rings. The topological polar surface area (TPSA) is 52.6 Å². The van der Waals surface area contributed by atoms with Crippen LogP contribution in [-0.4, -0.2) is 12.7 Å². The number of nitrogens with zero attached hydrogens (tertiary/aromatic N) is 1. The van der Waals surface area contributed by atoms with Gasteiger partial charge in [0.25, 0.3) is 0 Å². The molecular weight excluding hydrogens is 290 g/mol. The van der Waals surface area contributed by atoms with E-state index in [9.17, 15) is 9.90 Å². The highest BCUT2D eigenvalue weighted by atomic mass is 16.5. The third kappa shape index (κ3) is 2.38. The van der Waals surface area contributed by atoms with Crippen molar-refractivity contribution in [2.45, 2.75) is 6.54 Å². The molecule has 0 spiro atoms. The second-order valence-electron chi connectivity index (χ2n) is 5.57. The summed E-state index contributed by atoms with van der Waals surface area (Å²) in [5, 5.41) is 13.2. The molecule has 0 N–H and O–H groups in total. The van der Waals surface area contributed by atoms with Gasteiger partial charge in [0.05, 0.1) is 12.5 Å². The lowest BCUT2D eigenvalue weighted by Gasteiger charge is -2.31. The summed E-state index contributed by atoms with van der Waals surface area (Å²) < 4.78 is 5.87. The molecule has 0 atom stereocenters. The van der Waals surface area contributed by atoms with Gasteiger partial charge in [-0.05, 0) is 34.5 Å². The Kier molecular flexibility index (Phi) is 3.15. The highest BCUT2D eigenvalue weighted by molar-refractivity contribution is 5.88. The first-order valence-corrected chi connectivity index (χ1v) is 7.42. The fourth-order valence-electron chi connectivity index (χ4n) is 2.97. The van der Waals surface area contributed by atoms with Crippen LogP contribution in [0, 0.1) is 0 Å². The summed E-state index contributed by atoms with van der Waals surface area (Å²) in [5.74, 6) is -0.255. The largest absolute Gasteiger partial charge is 0.545 e. The molecule has 0 aliphatic carbocycles. The van der Waals surface area contributed by atoms with Gasteiger partial charge in [-0.15, -0.1) is 0 Å². The van der Waals surface area contributed by atoms with Crippen molar-refractivity contribution >= 4 is 22.4 Å². The second kappa shape index (κ2) is 5.32. The third-order valence-corrected chi connectivity index (χ3v) is 4.19. The average molecular weight is 304 g/mol. The maximum atomic E-state index is 10.8. The van der Waals surface area contributed by atoms with E-state index in [0.29, 0.717) is 6.73 Å². The zero-order valence-corrected chi connectivity index (χ0v) is 12.4. The molecule has 3 aromatic carbocycles. The Bertz CT molecular complexity index is 887. The van der Waals surface area contributed by atoms with E-state index in [4.69, 9.17) is 4.74 Å². The van der Waals surface area contributed by atoms with Crippen molar-refractivity contribution in [3.05, 3.63) is 71.8 Å². The van der Waals surface area contributed by atoms with Crippen LogP contribution in [0.2, 0.25) is 0 Å². The summed E-state index contributed by atoms with van der Waals surface area (Å²) >= 11 is 0. The monoisotopic (exact) mass is 304 g/mol. The van der Waals surface area contributed by atoms with E-state index in [1.165, 1.54) is 10.8 Å². The van der Waals surface area contributed by atoms with E-state index in [1.54, 1.807) is 24.3 Å². The number of hydrogen-bond donors (Lipinski definition) is 0. The number of carboxylic acid groups (broad SMARTS) is 1. The number of anilines is 1. The first-order chi connectivity index (χ1) is 11.2. The molecule has 4 heteroatoms. The fraction of sp³-hybridized carbons (Fsp3) is 0.105. The Hall–Kier alpha value is -3.01. The predicted molar refractivity (Wildman–Crippen MR) is 86.4 cm³/mol. The van der Waals surface area contributed by atoms with Gasteiger partial charge in [0, 0.05) is 11.3 Å². The van der Waals surface area contributed by atoms with Crippen LogP contribution in [0.25, 0.3) is 10.8 Å². The number of aromatic carboxylic acids is 1. The first-order valence-electron chi connectivity index (χ1n) is 7.42. The Labute approximate surface area is 133 Å². The molecule has 23 heavy (non-hydrogen) atoms. The maximum absolute atomic E-state index is 10.8. The standard InChI is InChI=1S/C19H15NO3/c21-19(22)14-5-8-15(9-6-14)20-11-17-16-4-2-1-3-13(16)7-10-18(17)23-12-20/h1-10H,11-12H2,(H,21,22)/p-1. The van der Waals surface area contributed by atoms with Crippen LogP contribution in [0.15, 0.2) is 60.7 Å². The van der Waals surface area contributed by atoms with Crippen molar-refractivity contribution in [3.8, 4) is 5.75 Å². The van der Waals surface area contributed by atoms with E-state index in [2.05, 4.69) is 23.1 Å². The second-order valence-corrected chi connectivity index (χ2v) is 5.57. The molecule has 0 radical (unpaired) electrons. The lowest BCUT2D eigenvalue weighted by molar-refractivity contribution is -0.255. The van der Waals surface area contributed by atoms with Crippen molar-refractivity contribution in [2.75, 3.05) is 11.6 Å². The number of fused-ring (bicyclic) bond motifs is 3. The molecule has 0 saturated carbocycles. The van der Waals surface area contributed by atoms with Crippen molar-refractivity contribution in [1.29, 1.82) is 0 Å². The van der Waals surface area contributed by atoms with Gasteiger partial charge in [0.15, 0.2) is 6.73 Å². The Morgan fingerprint density at radius 3 is 2.57 bits per heavy atom. The van der Waals surface area contributed by atoms with E-state index in [1.807, 2.05) is 18.2 Å². The molecule has 1 aliphatic heterocycles. The van der Waals surface area contributed by atoms with E-state index in [-0.39, 0.29) is 5.56 Å². The minimum absolute atomic E-state index is 0.178. The van der Waals surface area contributed by atoms with Crippen LogP contribution in [0.1, 0.15) is 15.9 Å². The molecule has 0 amide bonds. The lowest BCUT2D eigenvalue weighted by atomic mass is 10.0. The molecular formula is C19H14NO3-. The zero-order chi connectivity index (χ0) is 15.8.